The molecule has 0 unspecified atom stereocenters. The molecule has 1 aliphatic rings. The van der Waals surface area contributed by atoms with Gasteiger partial charge in [0.15, 0.2) is 4.90 Å². The van der Waals surface area contributed by atoms with Crippen LogP contribution in [0.2, 0.25) is 0 Å². The molecule has 0 aromatic carbocycles. The van der Waals surface area contributed by atoms with Crippen LogP contribution in [0.3, 0.4) is 0 Å². The number of nitrogens with one attached hydrogen (secondary N) is 4. The Morgan fingerprint density at radius 3 is 2.58 bits per heavy atom. The van der Waals surface area contributed by atoms with Gasteiger partial charge in [-0.1, -0.05) is 0 Å². The standard InChI is InChI=1S/C10H16N4O4S/c15-9-8(6-12-10(16)14-9)19(17,18)13-5-7-1-3-11-4-2-7/h6-7,11,13H,1-5H2,(H2,12,14,15,16). The third kappa shape index (κ3) is 3.52. The number of sulfonamides is 1. The van der Waals surface area contributed by atoms with Crippen LogP contribution in [0.4, 0.5) is 0 Å². The van der Waals surface area contributed by atoms with Crippen LogP contribution in [0.15, 0.2) is 20.7 Å². The van der Waals surface area contributed by atoms with Gasteiger partial charge in [0, 0.05) is 12.7 Å². The number of hydrogen-bond acceptors (Lipinski definition) is 5. The van der Waals surface area contributed by atoms with Crippen molar-refractivity contribution in [1.82, 2.24) is 20.0 Å². The van der Waals surface area contributed by atoms with E-state index in [1.54, 1.807) is 0 Å². The van der Waals surface area contributed by atoms with Crippen LogP contribution in [0.5, 0.6) is 0 Å². The second kappa shape index (κ2) is 5.68. The highest BCUT2D eigenvalue weighted by Gasteiger charge is 2.21. The van der Waals surface area contributed by atoms with E-state index in [1.165, 1.54) is 0 Å². The van der Waals surface area contributed by atoms with Crippen molar-refractivity contribution in [3.05, 3.63) is 27.0 Å². The average molecular weight is 288 g/mol. The predicted molar refractivity (Wildman–Crippen MR) is 68.5 cm³/mol. The molecule has 1 aromatic heterocycles. The van der Waals surface area contributed by atoms with Crippen molar-refractivity contribution < 1.29 is 8.42 Å². The molecule has 9 heteroatoms. The Kier molecular flexibility index (Phi) is 4.17. The molecule has 2 heterocycles. The Bertz CT molecular complexity index is 642. The molecule has 1 fully saturated rings. The van der Waals surface area contributed by atoms with E-state index in [0.717, 1.165) is 32.1 Å². The number of hydrogen-bond donors (Lipinski definition) is 4. The van der Waals surface area contributed by atoms with Crippen molar-refractivity contribution in [3.63, 3.8) is 0 Å². The van der Waals surface area contributed by atoms with Gasteiger partial charge in [-0.2, -0.15) is 0 Å². The number of H-pyrrole nitrogens is 2. The number of aromatic amines is 2. The molecule has 4 N–H and O–H groups in total. The van der Waals surface area contributed by atoms with Crippen LogP contribution in [-0.4, -0.2) is 38.0 Å². The van der Waals surface area contributed by atoms with Gasteiger partial charge in [-0.15, -0.1) is 0 Å². The highest BCUT2D eigenvalue weighted by molar-refractivity contribution is 7.89. The fourth-order valence-electron chi connectivity index (χ4n) is 1.99. The van der Waals surface area contributed by atoms with Gasteiger partial charge in [-0.05, 0) is 31.8 Å². The first-order valence-corrected chi connectivity index (χ1v) is 7.50. The first-order valence-electron chi connectivity index (χ1n) is 6.01. The van der Waals surface area contributed by atoms with Crippen LogP contribution in [-0.2, 0) is 10.0 Å². The van der Waals surface area contributed by atoms with Crippen molar-refractivity contribution >= 4 is 10.0 Å². The van der Waals surface area contributed by atoms with E-state index in [9.17, 15) is 18.0 Å². The van der Waals surface area contributed by atoms with E-state index in [-0.39, 0.29) is 5.92 Å². The van der Waals surface area contributed by atoms with E-state index < -0.39 is 26.2 Å². The smallest absolute Gasteiger partial charge is 0.317 e. The van der Waals surface area contributed by atoms with Crippen LogP contribution >= 0.6 is 0 Å². The number of rotatable bonds is 4. The molecule has 0 spiro atoms. The molecule has 1 saturated heterocycles. The molecule has 0 aliphatic carbocycles. The Balaban J connectivity index is 2.09. The number of piperidine rings is 1. The molecular weight excluding hydrogens is 272 g/mol. The van der Waals surface area contributed by atoms with Gasteiger partial charge < -0.3 is 10.3 Å². The summed E-state index contributed by atoms with van der Waals surface area (Å²) in [5, 5.41) is 3.19. The Morgan fingerprint density at radius 1 is 1.26 bits per heavy atom. The SMILES string of the molecule is O=c1[nH]cc(S(=O)(=O)NCC2CCNCC2)c(=O)[nH]1. The summed E-state index contributed by atoms with van der Waals surface area (Å²) < 4.78 is 26.3. The van der Waals surface area contributed by atoms with Gasteiger partial charge in [0.2, 0.25) is 10.0 Å². The lowest BCUT2D eigenvalue weighted by molar-refractivity contribution is 0.372. The van der Waals surface area contributed by atoms with Gasteiger partial charge in [-0.3, -0.25) is 9.78 Å². The maximum absolute atomic E-state index is 11.9. The lowest BCUT2D eigenvalue weighted by atomic mass is 9.99. The molecule has 0 atom stereocenters. The summed E-state index contributed by atoms with van der Waals surface area (Å²) in [4.78, 5) is 25.8. The van der Waals surface area contributed by atoms with E-state index in [2.05, 4.69) is 15.0 Å². The molecule has 1 aromatic rings. The summed E-state index contributed by atoms with van der Waals surface area (Å²) in [5.41, 5.74) is -1.65. The third-order valence-corrected chi connectivity index (χ3v) is 4.52. The molecule has 0 bridgehead atoms. The van der Waals surface area contributed by atoms with E-state index in [4.69, 9.17) is 0 Å². The monoisotopic (exact) mass is 288 g/mol. The molecular formula is C10H16N4O4S. The van der Waals surface area contributed by atoms with E-state index >= 15 is 0 Å². The maximum atomic E-state index is 11.9. The fraction of sp³-hybridized carbons (Fsp3) is 0.600. The van der Waals surface area contributed by atoms with Gasteiger partial charge in [0.1, 0.15) is 0 Å². The predicted octanol–water partition coefficient (Wildman–Crippen LogP) is -1.66. The molecule has 0 amide bonds. The lowest BCUT2D eigenvalue weighted by Crippen LogP contribution is -2.38. The third-order valence-electron chi connectivity index (χ3n) is 3.10. The summed E-state index contributed by atoms with van der Waals surface area (Å²) >= 11 is 0. The van der Waals surface area contributed by atoms with Gasteiger partial charge >= 0.3 is 5.69 Å². The van der Waals surface area contributed by atoms with Crippen molar-refractivity contribution in [1.29, 1.82) is 0 Å². The summed E-state index contributed by atoms with van der Waals surface area (Å²) in [6.07, 6.45) is 2.70. The second-order valence-corrected chi connectivity index (χ2v) is 6.22. The zero-order valence-electron chi connectivity index (χ0n) is 10.2. The van der Waals surface area contributed by atoms with Gasteiger partial charge in [-0.25, -0.2) is 17.9 Å². The maximum Gasteiger partial charge on any atom is 0.325 e. The molecule has 19 heavy (non-hydrogen) atoms. The minimum absolute atomic E-state index is 0.262. The van der Waals surface area contributed by atoms with Crippen LogP contribution < -0.4 is 21.3 Å². The second-order valence-electron chi connectivity index (χ2n) is 4.48. The van der Waals surface area contributed by atoms with Crippen LogP contribution in [0, 0.1) is 5.92 Å². The number of aromatic nitrogens is 2. The summed E-state index contributed by atoms with van der Waals surface area (Å²) in [7, 11) is -3.89. The summed E-state index contributed by atoms with van der Waals surface area (Å²) in [6.45, 7) is 2.03. The molecule has 8 nitrogen and oxygen atoms in total. The van der Waals surface area contributed by atoms with Crippen LogP contribution in [0.1, 0.15) is 12.8 Å². The van der Waals surface area contributed by atoms with Crippen molar-refractivity contribution in [3.8, 4) is 0 Å². The normalized spacial score (nSPS) is 17.5. The molecule has 2 rings (SSSR count). The zero-order valence-corrected chi connectivity index (χ0v) is 11.0. The lowest BCUT2D eigenvalue weighted by Gasteiger charge is -2.22. The zero-order chi connectivity index (χ0) is 13.9. The summed E-state index contributed by atoms with van der Waals surface area (Å²) in [5.74, 6) is 0.262. The van der Waals surface area contributed by atoms with E-state index in [1.807, 2.05) is 4.98 Å². The van der Waals surface area contributed by atoms with E-state index in [0.29, 0.717) is 6.54 Å². The topological polar surface area (TPSA) is 124 Å². The van der Waals surface area contributed by atoms with Gasteiger partial charge in [0.25, 0.3) is 5.56 Å². The Labute approximate surface area is 109 Å². The quantitative estimate of drug-likeness (QED) is 0.528. The average Bonchev–Trinajstić information content (AvgIpc) is 2.37. The van der Waals surface area contributed by atoms with Gasteiger partial charge in [0.05, 0.1) is 0 Å². The fourth-order valence-corrected chi connectivity index (χ4v) is 3.11. The minimum atomic E-state index is -3.89. The highest BCUT2D eigenvalue weighted by atomic mass is 32.2. The van der Waals surface area contributed by atoms with Crippen molar-refractivity contribution in [2.75, 3.05) is 19.6 Å². The molecule has 1 aliphatic heterocycles. The first-order chi connectivity index (χ1) is 8.99. The molecule has 0 saturated carbocycles. The highest BCUT2D eigenvalue weighted by Crippen LogP contribution is 2.11. The molecule has 106 valence electrons. The minimum Gasteiger partial charge on any atom is -0.317 e. The van der Waals surface area contributed by atoms with Crippen molar-refractivity contribution in [2.24, 2.45) is 5.92 Å². The Hall–Kier alpha value is -1.45. The van der Waals surface area contributed by atoms with Crippen molar-refractivity contribution in [2.45, 2.75) is 17.7 Å². The first kappa shape index (κ1) is 14.0. The summed E-state index contributed by atoms with van der Waals surface area (Å²) in [6, 6.07) is 0. The largest absolute Gasteiger partial charge is 0.325 e. The Morgan fingerprint density at radius 2 is 1.95 bits per heavy atom. The van der Waals surface area contributed by atoms with Crippen LogP contribution in [0.25, 0.3) is 0 Å². The molecule has 0 radical (unpaired) electrons.